The summed E-state index contributed by atoms with van der Waals surface area (Å²) in [6, 6.07) is 2.91. The van der Waals surface area contributed by atoms with Crippen LogP contribution in [0.25, 0.3) is 0 Å². The van der Waals surface area contributed by atoms with Crippen LogP contribution in [-0.4, -0.2) is 23.7 Å². The lowest BCUT2D eigenvalue weighted by Gasteiger charge is -2.17. The van der Waals surface area contributed by atoms with Gasteiger partial charge in [0, 0.05) is 6.54 Å². The number of aliphatic carboxylic acids is 1. The third kappa shape index (κ3) is 6.03. The van der Waals surface area contributed by atoms with Crippen molar-refractivity contribution in [3.8, 4) is 5.75 Å². The van der Waals surface area contributed by atoms with E-state index in [9.17, 15) is 9.90 Å². The maximum absolute atomic E-state index is 11.2. The zero-order valence-electron chi connectivity index (χ0n) is 13.2. The Kier molecular flexibility index (Phi) is 8.01. The van der Waals surface area contributed by atoms with Crippen LogP contribution in [0.5, 0.6) is 5.75 Å². The third-order valence-electron chi connectivity index (χ3n) is 3.07. The van der Waals surface area contributed by atoms with Gasteiger partial charge in [-0.15, -0.1) is 0 Å². The fraction of sp³-hybridized carbons (Fsp3) is 0.562. The van der Waals surface area contributed by atoms with Gasteiger partial charge in [-0.2, -0.15) is 0 Å². The molecule has 1 aromatic rings. The van der Waals surface area contributed by atoms with E-state index in [2.05, 4.69) is 5.32 Å². The highest BCUT2D eigenvalue weighted by molar-refractivity contribution is 6.37. The predicted molar refractivity (Wildman–Crippen MR) is 90.0 cm³/mol. The van der Waals surface area contributed by atoms with Gasteiger partial charge in [0.15, 0.2) is 5.75 Å². The maximum Gasteiger partial charge on any atom is 0.320 e. The van der Waals surface area contributed by atoms with Crippen LogP contribution in [0.1, 0.15) is 39.2 Å². The maximum atomic E-state index is 11.2. The Balaban J connectivity index is 2.75. The number of rotatable bonds is 9. The molecule has 1 unspecified atom stereocenters. The zero-order valence-corrected chi connectivity index (χ0v) is 14.7. The van der Waals surface area contributed by atoms with Crippen molar-refractivity contribution in [3.05, 3.63) is 27.7 Å². The lowest BCUT2D eigenvalue weighted by Crippen LogP contribution is -2.37. The zero-order chi connectivity index (χ0) is 16.7. The summed E-state index contributed by atoms with van der Waals surface area (Å²) in [6.45, 7) is 6.92. The van der Waals surface area contributed by atoms with Crippen LogP contribution in [0.4, 0.5) is 0 Å². The van der Waals surface area contributed by atoms with Crippen LogP contribution >= 0.6 is 23.2 Å². The van der Waals surface area contributed by atoms with Gasteiger partial charge in [0.05, 0.1) is 16.7 Å². The van der Waals surface area contributed by atoms with Crippen molar-refractivity contribution in [1.29, 1.82) is 0 Å². The van der Waals surface area contributed by atoms with E-state index >= 15 is 0 Å². The Labute approximate surface area is 141 Å². The average molecular weight is 348 g/mol. The molecule has 0 amide bonds. The average Bonchev–Trinajstić information content (AvgIpc) is 2.42. The van der Waals surface area contributed by atoms with Gasteiger partial charge in [-0.05, 0) is 36.5 Å². The summed E-state index contributed by atoms with van der Waals surface area (Å²) in [5.41, 5.74) is 0.828. The first-order valence-electron chi connectivity index (χ1n) is 7.42. The fourth-order valence-electron chi connectivity index (χ4n) is 2.04. The number of halogens is 2. The van der Waals surface area contributed by atoms with Crippen molar-refractivity contribution in [2.45, 2.75) is 46.2 Å². The summed E-state index contributed by atoms with van der Waals surface area (Å²) < 4.78 is 5.51. The smallest absolute Gasteiger partial charge is 0.320 e. The molecule has 0 bridgehead atoms. The lowest BCUT2D eigenvalue weighted by atomic mass is 10.0. The number of benzene rings is 1. The van der Waals surface area contributed by atoms with E-state index in [-0.39, 0.29) is 0 Å². The Morgan fingerprint density at radius 3 is 2.36 bits per heavy atom. The molecule has 0 fully saturated rings. The van der Waals surface area contributed by atoms with E-state index in [1.54, 1.807) is 12.1 Å². The van der Waals surface area contributed by atoms with Crippen molar-refractivity contribution >= 4 is 29.2 Å². The summed E-state index contributed by atoms with van der Waals surface area (Å²) in [6.07, 6.45) is 1.43. The number of ether oxygens (including phenoxy) is 1. The summed E-state index contributed by atoms with van der Waals surface area (Å²) >= 11 is 12.4. The minimum absolute atomic E-state index is 0.297. The van der Waals surface area contributed by atoms with E-state index in [1.807, 2.05) is 20.8 Å². The standard InChI is InChI=1S/C16H23Cl2NO3/c1-4-5-22-15-12(17)7-11(8-13(15)18)9-19-14(16(20)21)6-10(2)3/h7-8,10,14,19H,4-6,9H2,1-3H3,(H,20,21). The van der Waals surface area contributed by atoms with Crippen LogP contribution < -0.4 is 10.1 Å². The Bertz CT molecular complexity index is 483. The second-order valence-electron chi connectivity index (χ2n) is 5.64. The van der Waals surface area contributed by atoms with Gasteiger partial charge in [-0.3, -0.25) is 4.79 Å². The Morgan fingerprint density at radius 2 is 1.91 bits per heavy atom. The number of carboxylic acid groups (broad SMARTS) is 1. The predicted octanol–water partition coefficient (Wildman–Crippen LogP) is 4.37. The molecule has 22 heavy (non-hydrogen) atoms. The number of hydrogen-bond donors (Lipinski definition) is 2. The Hall–Kier alpha value is -0.970. The fourth-order valence-corrected chi connectivity index (χ4v) is 2.68. The molecule has 1 rings (SSSR count). The highest BCUT2D eigenvalue weighted by Gasteiger charge is 2.18. The quantitative estimate of drug-likeness (QED) is 0.696. The van der Waals surface area contributed by atoms with Crippen LogP contribution in [0.2, 0.25) is 10.0 Å². The highest BCUT2D eigenvalue weighted by atomic mass is 35.5. The summed E-state index contributed by atoms with van der Waals surface area (Å²) in [5, 5.41) is 13.1. The molecule has 0 saturated carbocycles. The monoisotopic (exact) mass is 347 g/mol. The second kappa shape index (κ2) is 9.23. The minimum Gasteiger partial charge on any atom is -0.490 e. The van der Waals surface area contributed by atoms with E-state index in [1.165, 1.54) is 0 Å². The van der Waals surface area contributed by atoms with Crippen molar-refractivity contribution in [2.24, 2.45) is 5.92 Å². The molecule has 4 nitrogen and oxygen atoms in total. The first-order chi connectivity index (χ1) is 10.3. The molecule has 0 saturated heterocycles. The minimum atomic E-state index is -0.853. The van der Waals surface area contributed by atoms with Crippen LogP contribution in [0.3, 0.4) is 0 Å². The molecular weight excluding hydrogens is 325 g/mol. The summed E-state index contributed by atoms with van der Waals surface area (Å²) in [7, 11) is 0. The molecule has 0 aliphatic heterocycles. The van der Waals surface area contributed by atoms with Gasteiger partial charge < -0.3 is 15.2 Å². The number of carboxylic acids is 1. The first-order valence-corrected chi connectivity index (χ1v) is 8.17. The van der Waals surface area contributed by atoms with Gasteiger partial charge in [-0.1, -0.05) is 44.0 Å². The molecule has 0 spiro atoms. The van der Waals surface area contributed by atoms with Gasteiger partial charge in [0.25, 0.3) is 0 Å². The molecule has 0 aliphatic rings. The lowest BCUT2D eigenvalue weighted by molar-refractivity contribution is -0.140. The molecule has 0 aromatic heterocycles. The van der Waals surface area contributed by atoms with E-state index in [0.717, 1.165) is 12.0 Å². The van der Waals surface area contributed by atoms with E-state index in [0.29, 0.717) is 41.3 Å². The molecule has 2 N–H and O–H groups in total. The molecule has 1 aromatic carbocycles. The Morgan fingerprint density at radius 1 is 1.32 bits per heavy atom. The van der Waals surface area contributed by atoms with Crippen LogP contribution in [0.15, 0.2) is 12.1 Å². The molecular formula is C16H23Cl2NO3. The molecule has 124 valence electrons. The van der Waals surface area contributed by atoms with Gasteiger partial charge >= 0.3 is 5.97 Å². The normalized spacial score (nSPS) is 12.5. The number of hydrogen-bond acceptors (Lipinski definition) is 3. The summed E-state index contributed by atoms with van der Waals surface area (Å²) in [4.78, 5) is 11.2. The van der Waals surface area contributed by atoms with E-state index < -0.39 is 12.0 Å². The molecule has 6 heteroatoms. The van der Waals surface area contributed by atoms with Crippen LogP contribution in [-0.2, 0) is 11.3 Å². The number of nitrogens with one attached hydrogen (secondary N) is 1. The molecule has 1 atom stereocenters. The largest absolute Gasteiger partial charge is 0.490 e. The number of carbonyl (C=O) groups is 1. The SMILES string of the molecule is CCCOc1c(Cl)cc(CNC(CC(C)C)C(=O)O)cc1Cl. The van der Waals surface area contributed by atoms with Gasteiger partial charge in [0.1, 0.15) is 6.04 Å². The highest BCUT2D eigenvalue weighted by Crippen LogP contribution is 2.34. The topological polar surface area (TPSA) is 58.6 Å². The van der Waals surface area contributed by atoms with Gasteiger partial charge in [0.2, 0.25) is 0 Å². The van der Waals surface area contributed by atoms with Crippen LogP contribution in [0, 0.1) is 5.92 Å². The van der Waals surface area contributed by atoms with Crippen molar-refractivity contribution in [2.75, 3.05) is 6.61 Å². The van der Waals surface area contributed by atoms with Gasteiger partial charge in [-0.25, -0.2) is 0 Å². The molecule has 0 radical (unpaired) electrons. The van der Waals surface area contributed by atoms with Crippen molar-refractivity contribution in [3.63, 3.8) is 0 Å². The summed E-state index contributed by atoms with van der Waals surface area (Å²) in [5.74, 6) is -0.0784. The van der Waals surface area contributed by atoms with Crippen molar-refractivity contribution < 1.29 is 14.6 Å². The molecule has 0 heterocycles. The van der Waals surface area contributed by atoms with E-state index in [4.69, 9.17) is 27.9 Å². The second-order valence-corrected chi connectivity index (χ2v) is 6.45. The van der Waals surface area contributed by atoms with Crippen molar-refractivity contribution in [1.82, 2.24) is 5.32 Å². The third-order valence-corrected chi connectivity index (χ3v) is 3.63. The first kappa shape index (κ1) is 19.1. The molecule has 0 aliphatic carbocycles.